The summed E-state index contributed by atoms with van der Waals surface area (Å²) in [5.74, 6) is 0.356. The summed E-state index contributed by atoms with van der Waals surface area (Å²) in [6, 6.07) is 9.73. The van der Waals surface area contributed by atoms with E-state index in [9.17, 15) is 8.78 Å². The summed E-state index contributed by atoms with van der Waals surface area (Å²) in [4.78, 5) is 0. The third-order valence-electron chi connectivity index (χ3n) is 4.31. The molecule has 0 heterocycles. The largest absolute Gasteiger partial charge is 0.496 e. The highest BCUT2D eigenvalue weighted by Gasteiger charge is 2.23. The topological polar surface area (TPSA) is 21.3 Å². The third-order valence-corrected chi connectivity index (χ3v) is 4.31. The first kappa shape index (κ1) is 14.8. The average Bonchev–Trinajstić information content (AvgIpc) is 2.45. The first-order valence-corrected chi connectivity index (χ1v) is 7.53. The molecule has 1 aliphatic rings. The Morgan fingerprint density at radius 3 is 2.45 bits per heavy atom. The zero-order valence-corrected chi connectivity index (χ0v) is 12.5. The predicted molar refractivity (Wildman–Crippen MR) is 83.3 cm³/mol. The van der Waals surface area contributed by atoms with Crippen molar-refractivity contribution in [1.82, 2.24) is 0 Å². The molecule has 3 rings (SSSR count). The van der Waals surface area contributed by atoms with Crippen LogP contribution < -0.4 is 10.1 Å². The summed E-state index contributed by atoms with van der Waals surface area (Å²) in [6.07, 6.45) is 3.58. The molecule has 4 heteroatoms. The van der Waals surface area contributed by atoms with Crippen molar-refractivity contribution < 1.29 is 13.5 Å². The maximum absolute atomic E-state index is 13.6. The van der Waals surface area contributed by atoms with Gasteiger partial charge in [-0.3, -0.25) is 0 Å². The normalized spacial score (nSPS) is 14.5. The van der Waals surface area contributed by atoms with Gasteiger partial charge in [0.1, 0.15) is 17.4 Å². The fraction of sp³-hybridized carbons (Fsp3) is 0.333. The van der Waals surface area contributed by atoms with Gasteiger partial charge in [0.15, 0.2) is 0 Å². The Bertz CT molecular complexity index is 648. The molecule has 0 radical (unpaired) electrons. The van der Waals surface area contributed by atoms with Gasteiger partial charge in [0.25, 0.3) is 0 Å². The lowest BCUT2D eigenvalue weighted by molar-refractivity contribution is 0.373. The number of hydrogen-bond acceptors (Lipinski definition) is 2. The fourth-order valence-electron chi connectivity index (χ4n) is 2.77. The molecule has 0 aliphatic heterocycles. The van der Waals surface area contributed by atoms with Gasteiger partial charge in [-0.2, -0.15) is 0 Å². The van der Waals surface area contributed by atoms with Crippen molar-refractivity contribution in [1.29, 1.82) is 0 Å². The quantitative estimate of drug-likeness (QED) is 0.852. The molecule has 0 atom stereocenters. The van der Waals surface area contributed by atoms with Crippen LogP contribution >= 0.6 is 0 Å². The Hall–Kier alpha value is -2.10. The zero-order chi connectivity index (χ0) is 15.5. The SMILES string of the molecule is COc1ccc(NCc2c(F)cccc2F)cc1C1CCC1. The first-order valence-electron chi connectivity index (χ1n) is 7.53. The number of methoxy groups -OCH3 is 1. The Kier molecular flexibility index (Phi) is 4.27. The van der Waals surface area contributed by atoms with E-state index in [4.69, 9.17) is 4.74 Å². The van der Waals surface area contributed by atoms with Crippen LogP contribution in [0.3, 0.4) is 0 Å². The molecule has 0 amide bonds. The van der Waals surface area contributed by atoms with Gasteiger partial charge in [0.05, 0.1) is 7.11 Å². The van der Waals surface area contributed by atoms with Gasteiger partial charge in [-0.15, -0.1) is 0 Å². The van der Waals surface area contributed by atoms with E-state index in [0.717, 1.165) is 11.4 Å². The van der Waals surface area contributed by atoms with E-state index in [-0.39, 0.29) is 12.1 Å². The highest BCUT2D eigenvalue weighted by atomic mass is 19.1. The molecule has 0 aromatic heterocycles. The van der Waals surface area contributed by atoms with E-state index >= 15 is 0 Å². The van der Waals surface area contributed by atoms with E-state index in [1.807, 2.05) is 18.2 Å². The Morgan fingerprint density at radius 2 is 1.86 bits per heavy atom. The number of anilines is 1. The molecule has 0 saturated heterocycles. The minimum absolute atomic E-state index is 0.0588. The maximum Gasteiger partial charge on any atom is 0.131 e. The van der Waals surface area contributed by atoms with Crippen LogP contribution in [0.4, 0.5) is 14.5 Å². The summed E-state index contributed by atoms with van der Waals surface area (Å²) in [6.45, 7) is 0.120. The van der Waals surface area contributed by atoms with Crippen molar-refractivity contribution in [2.24, 2.45) is 0 Å². The van der Waals surface area contributed by atoms with E-state index < -0.39 is 11.6 Å². The van der Waals surface area contributed by atoms with Gasteiger partial charge >= 0.3 is 0 Å². The van der Waals surface area contributed by atoms with E-state index in [1.165, 1.54) is 43.0 Å². The summed E-state index contributed by atoms with van der Waals surface area (Å²) >= 11 is 0. The second kappa shape index (κ2) is 6.34. The predicted octanol–water partition coefficient (Wildman–Crippen LogP) is 4.85. The molecule has 0 unspecified atom stereocenters. The molecule has 1 saturated carbocycles. The standard InChI is InChI=1S/C18H19F2NO/c1-22-18-9-8-13(10-14(18)12-4-2-5-12)21-11-15-16(19)6-3-7-17(15)20/h3,6-10,12,21H,2,4-5,11H2,1H3. The smallest absolute Gasteiger partial charge is 0.131 e. The summed E-state index contributed by atoms with van der Waals surface area (Å²) < 4.78 is 32.7. The number of benzene rings is 2. The molecule has 1 N–H and O–H groups in total. The van der Waals surface area contributed by atoms with Crippen molar-refractivity contribution in [2.45, 2.75) is 31.7 Å². The van der Waals surface area contributed by atoms with Crippen LogP contribution in [0.5, 0.6) is 5.75 Å². The van der Waals surface area contributed by atoms with E-state index in [1.54, 1.807) is 7.11 Å². The highest BCUT2D eigenvalue weighted by Crippen LogP contribution is 2.41. The molecule has 2 aromatic carbocycles. The molecule has 2 aromatic rings. The molecule has 1 fully saturated rings. The van der Waals surface area contributed by atoms with Crippen molar-refractivity contribution in [3.8, 4) is 5.75 Å². The summed E-state index contributed by atoms with van der Waals surface area (Å²) in [5.41, 5.74) is 2.08. The number of ether oxygens (including phenoxy) is 1. The van der Waals surface area contributed by atoms with Crippen LogP contribution in [0.15, 0.2) is 36.4 Å². The maximum atomic E-state index is 13.6. The second-order valence-electron chi connectivity index (χ2n) is 5.64. The number of halogens is 2. The average molecular weight is 303 g/mol. The van der Waals surface area contributed by atoms with Crippen molar-refractivity contribution in [2.75, 3.05) is 12.4 Å². The molecule has 22 heavy (non-hydrogen) atoms. The number of rotatable bonds is 5. The van der Waals surface area contributed by atoms with Gasteiger partial charge in [-0.1, -0.05) is 12.5 Å². The van der Waals surface area contributed by atoms with Gasteiger partial charge in [-0.05, 0) is 54.7 Å². The van der Waals surface area contributed by atoms with E-state index in [2.05, 4.69) is 5.32 Å². The van der Waals surface area contributed by atoms with Gasteiger partial charge < -0.3 is 10.1 Å². The monoisotopic (exact) mass is 303 g/mol. The lowest BCUT2D eigenvalue weighted by Crippen LogP contribution is -2.11. The lowest BCUT2D eigenvalue weighted by atomic mass is 9.79. The van der Waals surface area contributed by atoms with Crippen LogP contribution in [0.1, 0.15) is 36.3 Å². The highest BCUT2D eigenvalue weighted by molar-refractivity contribution is 5.53. The van der Waals surface area contributed by atoms with Crippen LogP contribution in [-0.2, 0) is 6.54 Å². The Labute approximate surface area is 129 Å². The van der Waals surface area contributed by atoms with Gasteiger partial charge in [-0.25, -0.2) is 8.78 Å². The molecule has 0 bridgehead atoms. The molecular formula is C18H19F2NO. The molecule has 116 valence electrons. The second-order valence-corrected chi connectivity index (χ2v) is 5.64. The molecule has 0 spiro atoms. The van der Waals surface area contributed by atoms with Crippen LogP contribution in [0.25, 0.3) is 0 Å². The third kappa shape index (κ3) is 2.91. The lowest BCUT2D eigenvalue weighted by Gasteiger charge is -2.27. The molecule has 2 nitrogen and oxygen atoms in total. The summed E-state index contributed by atoms with van der Waals surface area (Å²) in [7, 11) is 1.67. The first-order chi connectivity index (χ1) is 10.7. The Morgan fingerprint density at radius 1 is 1.14 bits per heavy atom. The number of hydrogen-bond donors (Lipinski definition) is 1. The summed E-state index contributed by atoms with van der Waals surface area (Å²) in [5, 5.41) is 3.10. The minimum Gasteiger partial charge on any atom is -0.496 e. The van der Waals surface area contributed by atoms with Crippen LogP contribution in [-0.4, -0.2) is 7.11 Å². The van der Waals surface area contributed by atoms with Crippen LogP contribution in [0.2, 0.25) is 0 Å². The van der Waals surface area contributed by atoms with Crippen LogP contribution in [0, 0.1) is 11.6 Å². The minimum atomic E-state index is -0.528. The number of nitrogens with one attached hydrogen (secondary N) is 1. The molecular weight excluding hydrogens is 284 g/mol. The molecule has 1 aliphatic carbocycles. The van der Waals surface area contributed by atoms with E-state index in [0.29, 0.717) is 5.92 Å². The van der Waals surface area contributed by atoms with Crippen molar-refractivity contribution in [3.63, 3.8) is 0 Å². The van der Waals surface area contributed by atoms with Crippen molar-refractivity contribution in [3.05, 3.63) is 59.2 Å². The van der Waals surface area contributed by atoms with Crippen molar-refractivity contribution >= 4 is 5.69 Å². The zero-order valence-electron chi connectivity index (χ0n) is 12.5. The van der Waals surface area contributed by atoms with Gasteiger partial charge in [0, 0.05) is 17.8 Å². The fourth-order valence-corrected chi connectivity index (χ4v) is 2.77. The van der Waals surface area contributed by atoms with Gasteiger partial charge in [0.2, 0.25) is 0 Å². The Balaban J connectivity index is 1.78.